The highest BCUT2D eigenvalue weighted by atomic mass is 16.5. The fourth-order valence-corrected chi connectivity index (χ4v) is 2.28. The number of methoxy groups -OCH3 is 1. The van der Waals surface area contributed by atoms with Crippen LogP contribution in [0.4, 0.5) is 0 Å². The van der Waals surface area contributed by atoms with Gasteiger partial charge in [0.25, 0.3) is 0 Å². The van der Waals surface area contributed by atoms with E-state index < -0.39 is 0 Å². The van der Waals surface area contributed by atoms with Crippen LogP contribution < -0.4 is 11.2 Å². The van der Waals surface area contributed by atoms with E-state index in [2.05, 4.69) is 0 Å². The van der Waals surface area contributed by atoms with E-state index >= 15 is 0 Å². The van der Waals surface area contributed by atoms with Crippen molar-refractivity contribution < 1.29 is 9.53 Å². The van der Waals surface area contributed by atoms with Crippen LogP contribution in [0.15, 0.2) is 35.3 Å². The van der Waals surface area contributed by atoms with Crippen molar-refractivity contribution in [3.8, 4) is 0 Å². The van der Waals surface area contributed by atoms with Gasteiger partial charge in [0, 0.05) is 30.7 Å². The minimum absolute atomic E-state index is 0.0115. The van der Waals surface area contributed by atoms with Crippen LogP contribution in [0, 0.1) is 0 Å². The van der Waals surface area contributed by atoms with E-state index in [0.29, 0.717) is 30.5 Å². The number of amides is 1. The molecule has 2 rings (SSSR count). The lowest BCUT2D eigenvalue weighted by molar-refractivity contribution is -0.118. The van der Waals surface area contributed by atoms with Crippen LogP contribution in [0.5, 0.6) is 0 Å². The SMILES string of the molecule is COCn1cc(CCCC(N)=O)c(=O)c2ccccc21. The van der Waals surface area contributed by atoms with Crippen LogP contribution in [0.2, 0.25) is 0 Å². The number of carbonyl (C=O) groups is 1. The number of primary amides is 1. The summed E-state index contributed by atoms with van der Waals surface area (Å²) in [6.07, 6.45) is 3.21. The molecule has 0 aliphatic carbocycles. The molecule has 0 saturated carbocycles. The highest BCUT2D eigenvalue weighted by Gasteiger charge is 2.08. The van der Waals surface area contributed by atoms with Crippen molar-refractivity contribution in [2.75, 3.05) is 7.11 Å². The average molecular weight is 274 g/mol. The Balaban J connectivity index is 2.41. The van der Waals surface area contributed by atoms with Crippen molar-refractivity contribution in [2.45, 2.75) is 26.0 Å². The van der Waals surface area contributed by atoms with Gasteiger partial charge in [-0.1, -0.05) is 12.1 Å². The molecule has 0 saturated heterocycles. The third-order valence-electron chi connectivity index (χ3n) is 3.20. The Morgan fingerprint density at radius 1 is 1.35 bits per heavy atom. The van der Waals surface area contributed by atoms with Gasteiger partial charge in [-0.25, -0.2) is 0 Å². The molecule has 0 unspecified atom stereocenters. The van der Waals surface area contributed by atoms with Gasteiger partial charge in [-0.15, -0.1) is 0 Å². The van der Waals surface area contributed by atoms with Crippen molar-refractivity contribution in [3.63, 3.8) is 0 Å². The first kappa shape index (κ1) is 14.3. The number of aryl methyl sites for hydroxylation is 1. The number of carbonyl (C=O) groups excluding carboxylic acids is 1. The number of fused-ring (bicyclic) bond motifs is 1. The van der Waals surface area contributed by atoms with Crippen LogP contribution >= 0.6 is 0 Å². The minimum Gasteiger partial charge on any atom is -0.370 e. The van der Waals surface area contributed by atoms with Crippen LogP contribution in [-0.4, -0.2) is 17.6 Å². The second kappa shape index (κ2) is 6.34. The Labute approximate surface area is 117 Å². The predicted octanol–water partition coefficient (Wildman–Crippen LogP) is 1.41. The first-order valence-corrected chi connectivity index (χ1v) is 6.52. The molecule has 1 aromatic heterocycles. The molecule has 0 aliphatic heterocycles. The molecule has 0 fully saturated rings. The number of benzene rings is 1. The smallest absolute Gasteiger partial charge is 0.217 e. The maximum atomic E-state index is 12.4. The molecule has 0 radical (unpaired) electrons. The molecule has 106 valence electrons. The van der Waals surface area contributed by atoms with E-state index in [-0.39, 0.29) is 17.8 Å². The third kappa shape index (κ3) is 3.05. The summed E-state index contributed by atoms with van der Waals surface area (Å²) in [7, 11) is 1.61. The van der Waals surface area contributed by atoms with Crippen molar-refractivity contribution in [1.82, 2.24) is 4.57 Å². The molecule has 20 heavy (non-hydrogen) atoms. The van der Waals surface area contributed by atoms with Gasteiger partial charge in [-0.05, 0) is 25.0 Å². The molecule has 5 heteroatoms. The summed E-state index contributed by atoms with van der Waals surface area (Å²) < 4.78 is 7.06. The molecule has 0 atom stereocenters. The Bertz CT molecular complexity index is 676. The number of rotatable bonds is 6. The van der Waals surface area contributed by atoms with Gasteiger partial charge in [0.1, 0.15) is 6.73 Å². The van der Waals surface area contributed by atoms with Gasteiger partial charge in [0.15, 0.2) is 5.43 Å². The largest absolute Gasteiger partial charge is 0.370 e. The monoisotopic (exact) mass is 274 g/mol. The molecular weight excluding hydrogens is 256 g/mol. The first-order chi connectivity index (χ1) is 9.63. The number of hydrogen-bond donors (Lipinski definition) is 1. The van der Waals surface area contributed by atoms with Crippen molar-refractivity contribution >= 4 is 16.8 Å². The minimum atomic E-state index is -0.344. The lowest BCUT2D eigenvalue weighted by Gasteiger charge is -2.12. The summed E-state index contributed by atoms with van der Waals surface area (Å²) in [6.45, 7) is 0.379. The van der Waals surface area contributed by atoms with Gasteiger partial charge >= 0.3 is 0 Å². The first-order valence-electron chi connectivity index (χ1n) is 6.52. The molecule has 0 aliphatic rings. The zero-order chi connectivity index (χ0) is 14.5. The Morgan fingerprint density at radius 2 is 2.10 bits per heavy atom. The molecule has 0 bridgehead atoms. The van der Waals surface area contributed by atoms with E-state index in [1.165, 1.54) is 0 Å². The van der Waals surface area contributed by atoms with Gasteiger partial charge < -0.3 is 15.0 Å². The molecule has 1 amide bonds. The number of hydrogen-bond acceptors (Lipinski definition) is 3. The summed E-state index contributed by atoms with van der Waals surface area (Å²) in [4.78, 5) is 23.2. The number of aromatic nitrogens is 1. The molecular formula is C15H18N2O3. The molecule has 1 aromatic carbocycles. The van der Waals surface area contributed by atoms with Crippen molar-refractivity contribution in [3.05, 3.63) is 46.2 Å². The molecule has 1 heterocycles. The summed E-state index contributed by atoms with van der Waals surface area (Å²) >= 11 is 0. The van der Waals surface area contributed by atoms with Crippen LogP contribution in [-0.2, 0) is 22.7 Å². The number of nitrogens with two attached hydrogens (primary N) is 1. The van der Waals surface area contributed by atoms with Gasteiger partial charge in [-0.3, -0.25) is 9.59 Å². The summed E-state index contributed by atoms with van der Waals surface area (Å²) in [6, 6.07) is 7.43. The molecule has 2 N–H and O–H groups in total. The number of pyridine rings is 1. The summed E-state index contributed by atoms with van der Waals surface area (Å²) in [5.41, 5.74) is 6.66. The number of para-hydroxylation sites is 1. The highest BCUT2D eigenvalue weighted by Crippen LogP contribution is 2.13. The van der Waals surface area contributed by atoms with Crippen LogP contribution in [0.25, 0.3) is 10.9 Å². The highest BCUT2D eigenvalue weighted by molar-refractivity contribution is 5.79. The standard InChI is InChI=1S/C15H18N2O3/c1-20-10-17-9-11(5-4-8-14(16)18)15(19)12-6-2-3-7-13(12)17/h2-3,6-7,9H,4-5,8,10H2,1H3,(H2,16,18). The van der Waals surface area contributed by atoms with Gasteiger partial charge in [0.2, 0.25) is 5.91 Å². The Hall–Kier alpha value is -2.14. The van der Waals surface area contributed by atoms with Gasteiger partial charge in [0.05, 0.1) is 5.52 Å². The Kier molecular flexibility index (Phi) is 4.53. The van der Waals surface area contributed by atoms with E-state index in [0.717, 1.165) is 5.52 Å². The van der Waals surface area contributed by atoms with E-state index in [1.54, 1.807) is 19.4 Å². The molecule has 2 aromatic rings. The summed E-state index contributed by atoms with van der Waals surface area (Å²) in [5, 5.41) is 0.668. The normalized spacial score (nSPS) is 10.8. The van der Waals surface area contributed by atoms with Crippen molar-refractivity contribution in [1.29, 1.82) is 0 Å². The topological polar surface area (TPSA) is 74.3 Å². The number of nitrogens with zero attached hydrogens (tertiary/aromatic N) is 1. The molecule has 5 nitrogen and oxygen atoms in total. The van der Waals surface area contributed by atoms with E-state index in [9.17, 15) is 9.59 Å². The average Bonchev–Trinajstić information content (AvgIpc) is 2.43. The van der Waals surface area contributed by atoms with Crippen LogP contribution in [0.1, 0.15) is 18.4 Å². The van der Waals surface area contributed by atoms with E-state index in [4.69, 9.17) is 10.5 Å². The maximum absolute atomic E-state index is 12.4. The zero-order valence-corrected chi connectivity index (χ0v) is 11.5. The zero-order valence-electron chi connectivity index (χ0n) is 11.5. The summed E-state index contributed by atoms with van der Waals surface area (Å²) in [5.74, 6) is -0.344. The lowest BCUT2D eigenvalue weighted by Crippen LogP contribution is -2.16. The predicted molar refractivity (Wildman–Crippen MR) is 77.3 cm³/mol. The second-order valence-corrected chi connectivity index (χ2v) is 4.71. The third-order valence-corrected chi connectivity index (χ3v) is 3.20. The number of ether oxygens (including phenoxy) is 1. The Morgan fingerprint density at radius 3 is 2.80 bits per heavy atom. The molecule has 0 spiro atoms. The van der Waals surface area contributed by atoms with Crippen molar-refractivity contribution in [2.24, 2.45) is 5.73 Å². The maximum Gasteiger partial charge on any atom is 0.217 e. The van der Waals surface area contributed by atoms with Crippen LogP contribution in [0.3, 0.4) is 0 Å². The van der Waals surface area contributed by atoms with Gasteiger partial charge in [-0.2, -0.15) is 0 Å². The fourth-order valence-electron chi connectivity index (χ4n) is 2.28. The fraction of sp³-hybridized carbons (Fsp3) is 0.333. The lowest BCUT2D eigenvalue weighted by atomic mass is 10.1. The van der Waals surface area contributed by atoms with E-state index in [1.807, 2.05) is 22.8 Å². The second-order valence-electron chi connectivity index (χ2n) is 4.71. The quantitative estimate of drug-likeness (QED) is 0.865.